The Balaban J connectivity index is 1.40. The summed E-state index contributed by atoms with van der Waals surface area (Å²) in [6.45, 7) is 2.13. The number of carboxylic acids is 1. The fourth-order valence-electron chi connectivity index (χ4n) is 4.28. The number of nitrogens with zero attached hydrogens (tertiary/aromatic N) is 1. The average molecular weight is 396 g/mol. The van der Waals surface area contributed by atoms with Crippen molar-refractivity contribution in [2.24, 2.45) is 5.92 Å². The highest BCUT2D eigenvalue weighted by Crippen LogP contribution is 2.48. The number of aromatic carboxylic acids is 1. The number of amides is 1. The number of halogens is 1. The van der Waals surface area contributed by atoms with E-state index in [2.05, 4.69) is 10.2 Å². The molecule has 1 saturated carbocycles. The number of carboxylic acid groups (broad SMARTS) is 1. The van der Waals surface area contributed by atoms with E-state index in [1.165, 1.54) is 0 Å². The summed E-state index contributed by atoms with van der Waals surface area (Å²) in [4.78, 5) is 26.2. The van der Waals surface area contributed by atoms with Crippen molar-refractivity contribution < 1.29 is 19.1 Å². The lowest BCUT2D eigenvalue weighted by atomic mass is 10.0. The lowest BCUT2D eigenvalue weighted by molar-refractivity contribution is -0.126. The number of nitrogens with one attached hydrogen (secondary N) is 1. The van der Waals surface area contributed by atoms with Gasteiger partial charge in [0.2, 0.25) is 5.91 Å². The number of benzene rings is 2. The number of likely N-dealkylation sites (tertiary alicyclic amines) is 1. The SMILES string of the molecule is C[C@H](NC(=O)[C@H]1CC2CC2N1Cc1ccc(CF)cc1)c1ccc(C(=O)O)cc1. The summed E-state index contributed by atoms with van der Waals surface area (Å²) in [7, 11) is 0. The summed E-state index contributed by atoms with van der Waals surface area (Å²) in [5, 5.41) is 12.1. The molecular formula is C23H25FN2O3. The van der Waals surface area contributed by atoms with Crippen LogP contribution in [0.5, 0.6) is 0 Å². The molecule has 0 radical (unpaired) electrons. The molecule has 1 saturated heterocycles. The Bertz CT molecular complexity index is 897. The van der Waals surface area contributed by atoms with Crippen molar-refractivity contribution in [3.8, 4) is 0 Å². The van der Waals surface area contributed by atoms with Crippen molar-refractivity contribution in [1.82, 2.24) is 10.2 Å². The van der Waals surface area contributed by atoms with Crippen LogP contribution in [-0.2, 0) is 18.0 Å². The van der Waals surface area contributed by atoms with Crippen LogP contribution in [0, 0.1) is 5.92 Å². The first-order valence-corrected chi connectivity index (χ1v) is 9.99. The second-order valence-corrected chi connectivity index (χ2v) is 8.09. The summed E-state index contributed by atoms with van der Waals surface area (Å²) in [5.41, 5.74) is 2.86. The van der Waals surface area contributed by atoms with E-state index in [0.29, 0.717) is 24.1 Å². The third kappa shape index (κ3) is 4.17. The van der Waals surface area contributed by atoms with Gasteiger partial charge >= 0.3 is 5.97 Å². The van der Waals surface area contributed by atoms with Crippen molar-refractivity contribution in [3.63, 3.8) is 0 Å². The second kappa shape index (κ2) is 7.95. The highest BCUT2D eigenvalue weighted by Gasteiger charge is 2.53. The maximum atomic E-state index is 13.0. The van der Waals surface area contributed by atoms with E-state index in [0.717, 1.165) is 24.0 Å². The van der Waals surface area contributed by atoms with Crippen LogP contribution in [0.2, 0.25) is 0 Å². The smallest absolute Gasteiger partial charge is 0.335 e. The first kappa shape index (κ1) is 19.6. The maximum Gasteiger partial charge on any atom is 0.335 e. The Labute approximate surface area is 169 Å². The summed E-state index contributed by atoms with van der Waals surface area (Å²) < 4.78 is 12.7. The molecule has 0 aromatic heterocycles. The monoisotopic (exact) mass is 396 g/mol. The molecule has 2 fully saturated rings. The standard InChI is InChI=1S/C23H25FN2O3/c1-14(17-6-8-18(9-7-17)23(28)29)25-22(27)21-11-19-10-20(19)26(21)13-16-4-2-15(12-24)3-5-16/h2-9,14,19-21H,10-13H2,1H3,(H,25,27)(H,28,29)/t14-,19?,20?,21+/m0/s1. The van der Waals surface area contributed by atoms with E-state index in [1.54, 1.807) is 36.4 Å². The van der Waals surface area contributed by atoms with Crippen LogP contribution in [-0.4, -0.2) is 34.0 Å². The number of alkyl halides is 1. The minimum absolute atomic E-state index is 0.00684. The van der Waals surface area contributed by atoms with Crippen molar-refractivity contribution in [1.29, 1.82) is 0 Å². The lowest BCUT2D eigenvalue weighted by Gasteiger charge is -2.28. The second-order valence-electron chi connectivity index (χ2n) is 8.09. The fourth-order valence-corrected chi connectivity index (χ4v) is 4.28. The molecule has 0 bridgehead atoms. The third-order valence-corrected chi connectivity index (χ3v) is 6.10. The molecule has 5 nitrogen and oxygen atoms in total. The zero-order chi connectivity index (χ0) is 20.5. The van der Waals surface area contributed by atoms with Gasteiger partial charge in [0.15, 0.2) is 0 Å². The quantitative estimate of drug-likeness (QED) is 0.749. The van der Waals surface area contributed by atoms with Crippen molar-refractivity contribution >= 4 is 11.9 Å². The summed E-state index contributed by atoms with van der Waals surface area (Å²) in [6, 6.07) is 14.1. The van der Waals surface area contributed by atoms with Gasteiger partial charge in [-0.3, -0.25) is 9.69 Å². The molecule has 2 aromatic rings. The number of carbonyl (C=O) groups is 2. The molecule has 152 valence electrons. The van der Waals surface area contributed by atoms with Crippen LogP contribution in [0.4, 0.5) is 4.39 Å². The molecular weight excluding hydrogens is 371 g/mol. The molecule has 4 rings (SSSR count). The minimum atomic E-state index is -0.964. The molecule has 4 atom stereocenters. The largest absolute Gasteiger partial charge is 0.478 e. The summed E-state index contributed by atoms with van der Waals surface area (Å²) in [6.07, 6.45) is 2.00. The Morgan fingerprint density at radius 2 is 1.76 bits per heavy atom. The predicted molar refractivity (Wildman–Crippen MR) is 107 cm³/mol. The number of rotatable bonds is 7. The number of hydrogen-bond donors (Lipinski definition) is 2. The van der Waals surface area contributed by atoms with Crippen LogP contribution in [0.3, 0.4) is 0 Å². The topological polar surface area (TPSA) is 69.6 Å². The molecule has 1 amide bonds. The van der Waals surface area contributed by atoms with E-state index >= 15 is 0 Å². The highest BCUT2D eigenvalue weighted by atomic mass is 19.1. The van der Waals surface area contributed by atoms with Crippen LogP contribution in [0.25, 0.3) is 0 Å². The van der Waals surface area contributed by atoms with Crippen LogP contribution < -0.4 is 5.32 Å². The lowest BCUT2D eigenvalue weighted by Crippen LogP contribution is -2.45. The van der Waals surface area contributed by atoms with Gasteiger partial charge in [-0.1, -0.05) is 36.4 Å². The minimum Gasteiger partial charge on any atom is -0.478 e. The molecule has 1 heterocycles. The van der Waals surface area contributed by atoms with E-state index in [1.807, 2.05) is 19.1 Å². The number of fused-ring (bicyclic) bond motifs is 1. The maximum absolute atomic E-state index is 13.0. The third-order valence-electron chi connectivity index (χ3n) is 6.10. The number of hydrogen-bond acceptors (Lipinski definition) is 3. The molecule has 1 aliphatic heterocycles. The highest BCUT2D eigenvalue weighted by molar-refractivity contribution is 5.87. The first-order chi connectivity index (χ1) is 14.0. The van der Waals surface area contributed by atoms with E-state index < -0.39 is 12.6 Å². The fraction of sp³-hybridized carbons (Fsp3) is 0.391. The Morgan fingerprint density at radius 3 is 2.38 bits per heavy atom. The van der Waals surface area contributed by atoms with Crippen LogP contribution in [0.1, 0.15) is 52.9 Å². The average Bonchev–Trinajstić information content (AvgIpc) is 3.42. The van der Waals surface area contributed by atoms with Crippen molar-refractivity contribution in [2.75, 3.05) is 0 Å². The molecule has 2 aromatic carbocycles. The van der Waals surface area contributed by atoms with Gasteiger partial charge in [-0.15, -0.1) is 0 Å². The predicted octanol–water partition coefficient (Wildman–Crippen LogP) is 3.69. The van der Waals surface area contributed by atoms with Crippen molar-refractivity contribution in [3.05, 3.63) is 70.8 Å². The molecule has 6 heteroatoms. The van der Waals surface area contributed by atoms with Crippen LogP contribution in [0.15, 0.2) is 48.5 Å². The molecule has 1 aliphatic carbocycles. The van der Waals surface area contributed by atoms with Gasteiger partial charge < -0.3 is 10.4 Å². The zero-order valence-corrected chi connectivity index (χ0v) is 16.3. The molecule has 29 heavy (non-hydrogen) atoms. The summed E-state index contributed by atoms with van der Waals surface area (Å²) in [5.74, 6) is -0.373. The van der Waals surface area contributed by atoms with Crippen molar-refractivity contribution in [2.45, 2.75) is 51.1 Å². The Morgan fingerprint density at radius 1 is 1.10 bits per heavy atom. The van der Waals surface area contributed by atoms with Gasteiger partial charge in [0.25, 0.3) is 0 Å². The van der Waals surface area contributed by atoms with E-state index in [-0.39, 0.29) is 23.6 Å². The van der Waals surface area contributed by atoms with Gasteiger partial charge in [0.1, 0.15) is 6.67 Å². The summed E-state index contributed by atoms with van der Waals surface area (Å²) >= 11 is 0. The number of carbonyl (C=O) groups excluding carboxylic acids is 1. The normalized spacial score (nSPS) is 24.0. The first-order valence-electron chi connectivity index (χ1n) is 9.99. The molecule has 2 unspecified atom stereocenters. The van der Waals surface area contributed by atoms with Gasteiger partial charge in [0, 0.05) is 12.6 Å². The molecule has 0 spiro atoms. The molecule has 2 aliphatic rings. The van der Waals surface area contributed by atoms with E-state index in [9.17, 15) is 14.0 Å². The zero-order valence-electron chi connectivity index (χ0n) is 16.3. The van der Waals surface area contributed by atoms with Crippen LogP contribution >= 0.6 is 0 Å². The Hall–Kier alpha value is -2.73. The van der Waals surface area contributed by atoms with Gasteiger partial charge in [-0.25, -0.2) is 9.18 Å². The van der Waals surface area contributed by atoms with Gasteiger partial charge in [-0.05, 0) is 54.5 Å². The Kier molecular flexibility index (Phi) is 5.37. The van der Waals surface area contributed by atoms with Gasteiger partial charge in [0.05, 0.1) is 17.6 Å². The van der Waals surface area contributed by atoms with Gasteiger partial charge in [-0.2, -0.15) is 0 Å². The van der Waals surface area contributed by atoms with E-state index in [4.69, 9.17) is 5.11 Å². The molecule has 2 N–H and O–H groups in total. The number of piperidine rings is 1.